The van der Waals surface area contributed by atoms with Gasteiger partial charge in [0.05, 0.1) is 8.07 Å². The summed E-state index contributed by atoms with van der Waals surface area (Å²) in [4.78, 5) is 0. The highest BCUT2D eigenvalue weighted by atomic mass is 32.2. The fourth-order valence-electron chi connectivity index (χ4n) is 2.21. The minimum Gasteiger partial charge on any atom is -0.313 e. The Bertz CT molecular complexity index is 356. The molecule has 3 heteroatoms. The summed E-state index contributed by atoms with van der Waals surface area (Å²) < 4.78 is 0. The zero-order valence-electron chi connectivity index (χ0n) is 13.7. The van der Waals surface area contributed by atoms with Crippen molar-refractivity contribution in [2.75, 3.05) is 18.6 Å². The van der Waals surface area contributed by atoms with Gasteiger partial charge < -0.3 is 5.32 Å². The smallest absolute Gasteiger partial charge is 0.0775 e. The quantitative estimate of drug-likeness (QED) is 0.512. The molecule has 1 aromatic carbocycles. The van der Waals surface area contributed by atoms with E-state index in [1.807, 2.05) is 11.8 Å². The maximum absolute atomic E-state index is 3.56. The van der Waals surface area contributed by atoms with Gasteiger partial charge in [-0.1, -0.05) is 61.9 Å². The van der Waals surface area contributed by atoms with Crippen LogP contribution in [0.15, 0.2) is 24.3 Å². The highest BCUT2D eigenvalue weighted by molar-refractivity contribution is 7.98. The maximum atomic E-state index is 3.56. The molecular weight excluding hydrogens is 278 g/mol. The summed E-state index contributed by atoms with van der Waals surface area (Å²) in [7, 11) is -1.14. The number of thioether (sulfide) groups is 1. The van der Waals surface area contributed by atoms with Crippen molar-refractivity contribution in [3.8, 4) is 0 Å². The van der Waals surface area contributed by atoms with Crippen LogP contribution in [0, 0.1) is 0 Å². The first-order valence-corrected chi connectivity index (χ1v) is 12.7. The number of benzene rings is 1. The van der Waals surface area contributed by atoms with Gasteiger partial charge in [0.25, 0.3) is 0 Å². The summed E-state index contributed by atoms with van der Waals surface area (Å²) in [5.74, 6) is 1.32. The Morgan fingerprint density at radius 3 is 2.20 bits per heavy atom. The molecule has 0 aliphatic heterocycles. The first-order chi connectivity index (χ1) is 9.54. The van der Waals surface area contributed by atoms with Crippen LogP contribution in [-0.4, -0.2) is 26.6 Å². The number of unbranched alkanes of at least 4 members (excludes halogenated alkanes) is 3. The van der Waals surface area contributed by atoms with E-state index in [1.165, 1.54) is 37.0 Å². The van der Waals surface area contributed by atoms with Gasteiger partial charge in [-0.25, -0.2) is 0 Å². The lowest BCUT2D eigenvalue weighted by molar-refractivity contribution is 0.599. The Labute approximate surface area is 130 Å². The lowest BCUT2D eigenvalue weighted by atomic mass is 10.2. The van der Waals surface area contributed by atoms with Crippen LogP contribution >= 0.6 is 11.8 Å². The first-order valence-electron chi connectivity index (χ1n) is 7.83. The molecule has 0 aliphatic carbocycles. The second-order valence-electron chi connectivity index (χ2n) is 6.53. The van der Waals surface area contributed by atoms with E-state index in [4.69, 9.17) is 0 Å². The molecule has 0 spiro atoms. The summed E-state index contributed by atoms with van der Waals surface area (Å²) in [5.41, 5.74) is 1.41. The van der Waals surface area contributed by atoms with E-state index in [9.17, 15) is 0 Å². The van der Waals surface area contributed by atoms with Crippen molar-refractivity contribution >= 4 is 25.0 Å². The van der Waals surface area contributed by atoms with Gasteiger partial charge in [0, 0.05) is 6.54 Å². The molecule has 0 aliphatic rings. The summed E-state index contributed by atoms with van der Waals surface area (Å²) >= 11 is 1.96. The van der Waals surface area contributed by atoms with Crippen LogP contribution < -0.4 is 10.5 Å². The molecule has 0 saturated carbocycles. The molecule has 1 N–H and O–H groups in total. The Morgan fingerprint density at radius 2 is 1.60 bits per heavy atom. The highest BCUT2D eigenvalue weighted by Crippen LogP contribution is 2.06. The molecule has 20 heavy (non-hydrogen) atoms. The number of nitrogens with one attached hydrogen (secondary N) is 1. The van der Waals surface area contributed by atoms with E-state index in [-0.39, 0.29) is 0 Å². The third kappa shape index (κ3) is 7.51. The van der Waals surface area contributed by atoms with Crippen LogP contribution in [0.25, 0.3) is 0 Å². The molecule has 1 rings (SSSR count). The molecule has 114 valence electrons. The highest BCUT2D eigenvalue weighted by Gasteiger charge is 2.15. The predicted molar refractivity (Wildman–Crippen MR) is 98.0 cm³/mol. The second kappa shape index (κ2) is 9.64. The van der Waals surface area contributed by atoms with Gasteiger partial charge in [0.2, 0.25) is 0 Å². The Morgan fingerprint density at radius 1 is 0.950 bits per heavy atom. The zero-order valence-corrected chi connectivity index (χ0v) is 15.5. The van der Waals surface area contributed by atoms with E-state index in [2.05, 4.69) is 55.5 Å². The topological polar surface area (TPSA) is 12.0 Å². The lowest BCUT2D eigenvalue weighted by Gasteiger charge is -2.16. The van der Waals surface area contributed by atoms with Crippen molar-refractivity contribution in [1.29, 1.82) is 0 Å². The molecule has 0 atom stereocenters. The van der Waals surface area contributed by atoms with Gasteiger partial charge in [-0.15, -0.1) is 0 Å². The largest absolute Gasteiger partial charge is 0.313 e. The van der Waals surface area contributed by atoms with Crippen LogP contribution in [0.3, 0.4) is 0 Å². The minimum atomic E-state index is -1.14. The summed E-state index contributed by atoms with van der Waals surface area (Å²) in [6, 6.07) is 9.23. The van der Waals surface area contributed by atoms with Crippen LogP contribution in [0.4, 0.5) is 0 Å². The van der Waals surface area contributed by atoms with Gasteiger partial charge in [-0.2, -0.15) is 11.8 Å². The molecule has 0 fully saturated rings. The molecule has 0 aromatic heterocycles. The number of rotatable bonds is 10. The minimum absolute atomic E-state index is 1.01. The van der Waals surface area contributed by atoms with Crippen LogP contribution in [-0.2, 0) is 6.54 Å². The molecule has 0 unspecified atom stereocenters. The molecule has 1 nitrogen and oxygen atoms in total. The third-order valence-corrected chi connectivity index (χ3v) is 6.36. The first kappa shape index (κ1) is 17.8. The van der Waals surface area contributed by atoms with Crippen molar-refractivity contribution in [2.45, 2.75) is 51.9 Å². The molecule has 1 aromatic rings. The number of hydrogen-bond acceptors (Lipinski definition) is 2. The number of hydrogen-bond donors (Lipinski definition) is 1. The monoisotopic (exact) mass is 309 g/mol. The van der Waals surface area contributed by atoms with Crippen LogP contribution in [0.5, 0.6) is 0 Å². The molecular formula is C17H31NSSi. The zero-order chi connectivity index (χ0) is 14.8. The fourth-order valence-corrected chi connectivity index (χ4v) is 3.86. The lowest BCUT2D eigenvalue weighted by Crippen LogP contribution is -2.37. The summed E-state index contributed by atoms with van der Waals surface area (Å²) in [6.45, 7) is 9.36. The molecule has 0 saturated heterocycles. The molecule has 0 heterocycles. The van der Waals surface area contributed by atoms with Crippen molar-refractivity contribution < 1.29 is 0 Å². The van der Waals surface area contributed by atoms with E-state index in [0.717, 1.165) is 13.1 Å². The third-order valence-electron chi connectivity index (χ3n) is 3.60. The van der Waals surface area contributed by atoms with E-state index < -0.39 is 8.07 Å². The predicted octanol–water partition coefficient (Wildman–Crippen LogP) is 4.24. The Kier molecular flexibility index (Phi) is 8.58. The average Bonchev–Trinajstić information content (AvgIpc) is 2.41. The van der Waals surface area contributed by atoms with Crippen molar-refractivity contribution in [2.24, 2.45) is 0 Å². The SMILES string of the molecule is CSCCCCCCNCc1ccc([Si](C)(C)C)cc1. The van der Waals surface area contributed by atoms with Gasteiger partial charge in [0.15, 0.2) is 0 Å². The van der Waals surface area contributed by atoms with E-state index in [0.29, 0.717) is 0 Å². The molecule has 0 radical (unpaired) electrons. The van der Waals surface area contributed by atoms with Crippen molar-refractivity contribution in [3.63, 3.8) is 0 Å². The molecule has 0 amide bonds. The van der Waals surface area contributed by atoms with Gasteiger partial charge in [-0.3, -0.25) is 0 Å². The molecule has 0 bridgehead atoms. The van der Waals surface area contributed by atoms with E-state index in [1.54, 1.807) is 5.19 Å². The van der Waals surface area contributed by atoms with Gasteiger partial charge >= 0.3 is 0 Å². The van der Waals surface area contributed by atoms with Gasteiger partial charge in [-0.05, 0) is 37.0 Å². The van der Waals surface area contributed by atoms with Gasteiger partial charge in [0.1, 0.15) is 0 Å². The standard InChI is InChI=1S/C17H31NSSi/c1-19-14-8-6-5-7-13-18-15-16-9-11-17(12-10-16)20(2,3)4/h9-12,18H,5-8,13-15H2,1-4H3. The Balaban J connectivity index is 2.13. The summed E-state index contributed by atoms with van der Waals surface area (Å²) in [5, 5.41) is 5.11. The second-order valence-corrected chi connectivity index (χ2v) is 12.6. The fraction of sp³-hybridized carbons (Fsp3) is 0.647. The van der Waals surface area contributed by atoms with Crippen molar-refractivity contribution in [3.05, 3.63) is 29.8 Å². The van der Waals surface area contributed by atoms with Crippen molar-refractivity contribution in [1.82, 2.24) is 5.32 Å². The Hall–Kier alpha value is -0.253. The normalized spacial score (nSPS) is 11.8. The average molecular weight is 310 g/mol. The maximum Gasteiger partial charge on any atom is 0.0775 e. The van der Waals surface area contributed by atoms with Crippen LogP contribution in [0.2, 0.25) is 19.6 Å². The summed E-state index contributed by atoms with van der Waals surface area (Å²) in [6.07, 6.45) is 7.62. The van der Waals surface area contributed by atoms with E-state index >= 15 is 0 Å². The van der Waals surface area contributed by atoms with Crippen LogP contribution in [0.1, 0.15) is 31.2 Å².